The first kappa shape index (κ1) is 19.8. The Balaban J connectivity index is 1.50. The van der Waals surface area contributed by atoms with Crippen LogP contribution in [0.1, 0.15) is 28.9 Å². The smallest absolute Gasteiger partial charge is 0.273 e. The highest BCUT2D eigenvalue weighted by Gasteiger charge is 2.33. The van der Waals surface area contributed by atoms with Gasteiger partial charge in [0.2, 0.25) is 5.91 Å². The van der Waals surface area contributed by atoms with Crippen LogP contribution < -0.4 is 4.74 Å². The van der Waals surface area contributed by atoms with Crippen LogP contribution in [0.5, 0.6) is 5.75 Å². The van der Waals surface area contributed by atoms with E-state index in [1.807, 2.05) is 24.3 Å². The Labute approximate surface area is 174 Å². The molecule has 2 aliphatic rings. The molecule has 1 aliphatic carbocycles. The number of methoxy groups -OCH3 is 1. The summed E-state index contributed by atoms with van der Waals surface area (Å²) in [6.45, 7) is 2.03. The molecule has 2 amide bonds. The van der Waals surface area contributed by atoms with Crippen molar-refractivity contribution in [3.8, 4) is 5.75 Å². The fourth-order valence-corrected chi connectivity index (χ4v) is 3.95. The minimum absolute atomic E-state index is 0.0314. The minimum Gasteiger partial charge on any atom is -0.497 e. The standard InChI is InChI=1S/C21H25N3O4S/c1-27-17-4-2-3-16(7-17)8-23-9-18(28-12-15-5-6-15)10-24(11-20(23)25)21(26)19-13-29-14-22-19/h2-4,7,13-15,18H,5-6,8-12H2,1H3. The Bertz CT molecular complexity index is 853. The summed E-state index contributed by atoms with van der Waals surface area (Å²) in [6.07, 6.45) is 2.18. The normalized spacial score (nSPS) is 19.9. The summed E-state index contributed by atoms with van der Waals surface area (Å²) < 4.78 is 11.4. The molecule has 1 aromatic carbocycles. The fourth-order valence-electron chi connectivity index (χ4n) is 3.42. The van der Waals surface area contributed by atoms with E-state index in [0.29, 0.717) is 37.9 Å². The maximum atomic E-state index is 13.0. The highest BCUT2D eigenvalue weighted by Crippen LogP contribution is 2.29. The molecule has 4 rings (SSSR count). The molecule has 0 radical (unpaired) electrons. The molecule has 7 nitrogen and oxygen atoms in total. The van der Waals surface area contributed by atoms with Crippen LogP contribution in [0, 0.1) is 5.92 Å². The van der Waals surface area contributed by atoms with Crippen molar-refractivity contribution in [2.75, 3.05) is 33.4 Å². The molecule has 1 atom stereocenters. The summed E-state index contributed by atoms with van der Waals surface area (Å²) in [4.78, 5) is 33.3. The second-order valence-corrected chi connectivity index (χ2v) is 8.30. The monoisotopic (exact) mass is 415 g/mol. The molecule has 2 heterocycles. The number of ether oxygens (including phenoxy) is 2. The van der Waals surface area contributed by atoms with Crippen LogP contribution in [0.15, 0.2) is 35.2 Å². The van der Waals surface area contributed by atoms with Crippen molar-refractivity contribution in [3.05, 3.63) is 46.4 Å². The lowest BCUT2D eigenvalue weighted by Crippen LogP contribution is -2.40. The van der Waals surface area contributed by atoms with Crippen molar-refractivity contribution < 1.29 is 19.1 Å². The third-order valence-corrected chi connectivity index (χ3v) is 5.82. The first-order chi connectivity index (χ1) is 14.1. The molecule has 0 bridgehead atoms. The minimum atomic E-state index is -0.220. The molecule has 0 spiro atoms. The number of carbonyl (C=O) groups is 2. The first-order valence-electron chi connectivity index (χ1n) is 9.82. The summed E-state index contributed by atoms with van der Waals surface area (Å²) in [5, 5.41) is 1.71. The van der Waals surface area contributed by atoms with Crippen LogP contribution in [0.2, 0.25) is 0 Å². The average molecular weight is 416 g/mol. The average Bonchev–Trinajstić information content (AvgIpc) is 3.43. The zero-order valence-corrected chi connectivity index (χ0v) is 17.3. The molecule has 8 heteroatoms. The maximum Gasteiger partial charge on any atom is 0.273 e. The molecule has 29 heavy (non-hydrogen) atoms. The van der Waals surface area contributed by atoms with E-state index in [1.54, 1.807) is 27.8 Å². The van der Waals surface area contributed by atoms with Crippen molar-refractivity contribution >= 4 is 23.2 Å². The number of amides is 2. The molecule has 1 saturated carbocycles. The Morgan fingerprint density at radius 3 is 2.90 bits per heavy atom. The highest BCUT2D eigenvalue weighted by molar-refractivity contribution is 7.07. The molecule has 2 aromatic rings. The number of thiazole rings is 1. The van der Waals surface area contributed by atoms with Crippen LogP contribution in [-0.4, -0.2) is 66.1 Å². The van der Waals surface area contributed by atoms with E-state index in [9.17, 15) is 9.59 Å². The van der Waals surface area contributed by atoms with Crippen LogP contribution in [0.4, 0.5) is 0 Å². The maximum absolute atomic E-state index is 13.0. The predicted molar refractivity (Wildman–Crippen MR) is 109 cm³/mol. The summed E-state index contributed by atoms with van der Waals surface area (Å²) in [6, 6.07) is 7.69. The fraction of sp³-hybridized carbons (Fsp3) is 0.476. The molecular formula is C21H25N3O4S. The number of hydrogen-bond acceptors (Lipinski definition) is 6. The van der Waals surface area contributed by atoms with Crippen LogP contribution in [-0.2, 0) is 16.1 Å². The quantitative estimate of drug-likeness (QED) is 0.695. The number of benzene rings is 1. The molecule has 1 aliphatic heterocycles. The molecule has 2 fully saturated rings. The van der Waals surface area contributed by atoms with Crippen molar-refractivity contribution in [1.82, 2.24) is 14.8 Å². The van der Waals surface area contributed by atoms with Crippen LogP contribution >= 0.6 is 11.3 Å². The van der Waals surface area contributed by atoms with E-state index in [2.05, 4.69) is 4.98 Å². The lowest BCUT2D eigenvalue weighted by atomic mass is 10.2. The topological polar surface area (TPSA) is 72.0 Å². The number of nitrogens with zero attached hydrogens (tertiary/aromatic N) is 3. The second-order valence-electron chi connectivity index (χ2n) is 7.58. The van der Waals surface area contributed by atoms with Gasteiger partial charge in [0.05, 0.1) is 18.7 Å². The van der Waals surface area contributed by atoms with E-state index in [-0.39, 0.29) is 24.5 Å². The van der Waals surface area contributed by atoms with Crippen LogP contribution in [0.25, 0.3) is 0 Å². The molecule has 154 valence electrons. The summed E-state index contributed by atoms with van der Waals surface area (Å²) in [5.74, 6) is 1.06. The van der Waals surface area contributed by atoms with Crippen molar-refractivity contribution in [1.29, 1.82) is 0 Å². The van der Waals surface area contributed by atoms with E-state index >= 15 is 0 Å². The summed E-state index contributed by atoms with van der Waals surface area (Å²) >= 11 is 1.37. The molecular weight excluding hydrogens is 390 g/mol. The summed E-state index contributed by atoms with van der Waals surface area (Å²) in [5.41, 5.74) is 2.99. The molecule has 1 aromatic heterocycles. The number of hydrogen-bond donors (Lipinski definition) is 0. The molecule has 1 unspecified atom stereocenters. The van der Waals surface area contributed by atoms with Gasteiger partial charge in [-0.25, -0.2) is 4.98 Å². The highest BCUT2D eigenvalue weighted by atomic mass is 32.1. The Hall–Kier alpha value is -2.45. The van der Waals surface area contributed by atoms with E-state index < -0.39 is 0 Å². The Morgan fingerprint density at radius 2 is 2.17 bits per heavy atom. The van der Waals surface area contributed by atoms with Gasteiger partial charge in [0.15, 0.2) is 0 Å². The van der Waals surface area contributed by atoms with Gasteiger partial charge in [-0.1, -0.05) is 12.1 Å². The van der Waals surface area contributed by atoms with E-state index in [4.69, 9.17) is 9.47 Å². The van der Waals surface area contributed by atoms with Crippen molar-refractivity contribution in [3.63, 3.8) is 0 Å². The lowest BCUT2D eigenvalue weighted by Gasteiger charge is -2.25. The molecule has 0 N–H and O–H groups in total. The van der Waals surface area contributed by atoms with Gasteiger partial charge in [0.25, 0.3) is 5.91 Å². The largest absolute Gasteiger partial charge is 0.497 e. The van der Waals surface area contributed by atoms with Gasteiger partial charge in [-0.2, -0.15) is 0 Å². The Morgan fingerprint density at radius 1 is 1.31 bits per heavy atom. The van der Waals surface area contributed by atoms with E-state index in [1.165, 1.54) is 24.2 Å². The van der Waals surface area contributed by atoms with Gasteiger partial charge in [0, 0.05) is 31.6 Å². The third-order valence-electron chi connectivity index (χ3n) is 5.24. The number of aromatic nitrogens is 1. The third kappa shape index (κ3) is 5.13. The van der Waals surface area contributed by atoms with Crippen molar-refractivity contribution in [2.45, 2.75) is 25.5 Å². The van der Waals surface area contributed by atoms with Crippen LogP contribution in [0.3, 0.4) is 0 Å². The van der Waals surface area contributed by atoms with Gasteiger partial charge >= 0.3 is 0 Å². The first-order valence-corrected chi connectivity index (χ1v) is 10.8. The number of rotatable bonds is 7. The zero-order chi connectivity index (χ0) is 20.2. The van der Waals surface area contributed by atoms with Gasteiger partial charge in [0.1, 0.15) is 18.0 Å². The van der Waals surface area contributed by atoms with Gasteiger partial charge in [-0.15, -0.1) is 11.3 Å². The lowest BCUT2D eigenvalue weighted by molar-refractivity contribution is -0.132. The van der Waals surface area contributed by atoms with Gasteiger partial charge in [-0.3, -0.25) is 9.59 Å². The summed E-state index contributed by atoms with van der Waals surface area (Å²) in [7, 11) is 1.62. The van der Waals surface area contributed by atoms with E-state index in [0.717, 1.165) is 11.3 Å². The van der Waals surface area contributed by atoms with Gasteiger partial charge in [-0.05, 0) is 36.5 Å². The SMILES string of the molecule is COc1cccc(CN2CC(OCC3CC3)CN(C(=O)c3cscn3)CC2=O)c1. The number of carbonyl (C=O) groups excluding carboxylic acids is 2. The molecule has 1 saturated heterocycles. The Kier molecular flexibility index (Phi) is 6.10. The zero-order valence-electron chi connectivity index (χ0n) is 16.5. The van der Waals surface area contributed by atoms with Gasteiger partial charge < -0.3 is 19.3 Å². The second kappa shape index (κ2) is 8.92. The van der Waals surface area contributed by atoms with Crippen molar-refractivity contribution in [2.24, 2.45) is 5.92 Å². The predicted octanol–water partition coefficient (Wildman–Crippen LogP) is 2.43.